The largest absolute Gasteiger partial charge is 0.466 e. The maximum atomic E-state index is 13.3. The van der Waals surface area contributed by atoms with E-state index in [1.165, 1.54) is 6.92 Å². The van der Waals surface area contributed by atoms with Gasteiger partial charge in [0.15, 0.2) is 0 Å². The standard InChI is InChI=1S/C11H10F4O2/c1-2-17-10(16)6-7-8(11(13,14)15)4-3-5-9(7)12/h3-5H,2,6H2,1H3. The van der Waals surface area contributed by atoms with Gasteiger partial charge < -0.3 is 4.74 Å². The quantitative estimate of drug-likeness (QED) is 0.609. The predicted octanol–water partition coefficient (Wildman–Crippen LogP) is 2.95. The fourth-order valence-electron chi connectivity index (χ4n) is 1.36. The summed E-state index contributed by atoms with van der Waals surface area (Å²) in [6.07, 6.45) is -5.42. The first-order chi connectivity index (χ1) is 7.86. The maximum absolute atomic E-state index is 13.3. The van der Waals surface area contributed by atoms with Crippen LogP contribution in [0.2, 0.25) is 0 Å². The Morgan fingerprint density at radius 1 is 1.35 bits per heavy atom. The molecule has 0 fully saturated rings. The van der Waals surface area contributed by atoms with E-state index >= 15 is 0 Å². The monoisotopic (exact) mass is 250 g/mol. The van der Waals surface area contributed by atoms with E-state index in [1.54, 1.807) is 0 Å². The Morgan fingerprint density at radius 3 is 2.53 bits per heavy atom. The highest BCUT2D eigenvalue weighted by Gasteiger charge is 2.35. The summed E-state index contributed by atoms with van der Waals surface area (Å²) in [5, 5.41) is 0. The summed E-state index contributed by atoms with van der Waals surface area (Å²) in [7, 11) is 0. The lowest BCUT2D eigenvalue weighted by Gasteiger charge is -2.12. The molecule has 0 radical (unpaired) electrons. The second kappa shape index (κ2) is 5.16. The fourth-order valence-corrected chi connectivity index (χ4v) is 1.36. The summed E-state index contributed by atoms with van der Waals surface area (Å²) in [5.74, 6) is -1.95. The summed E-state index contributed by atoms with van der Waals surface area (Å²) >= 11 is 0. The van der Waals surface area contributed by atoms with Crippen molar-refractivity contribution in [3.63, 3.8) is 0 Å². The van der Waals surface area contributed by atoms with Gasteiger partial charge in [-0.25, -0.2) is 4.39 Å². The van der Waals surface area contributed by atoms with Crippen LogP contribution in [-0.2, 0) is 22.1 Å². The summed E-state index contributed by atoms with van der Waals surface area (Å²) in [6, 6.07) is 2.56. The summed E-state index contributed by atoms with van der Waals surface area (Å²) < 4.78 is 55.4. The first-order valence-corrected chi connectivity index (χ1v) is 4.86. The molecule has 1 aromatic carbocycles. The van der Waals surface area contributed by atoms with E-state index in [0.717, 1.165) is 18.2 Å². The van der Waals surface area contributed by atoms with Gasteiger partial charge in [-0.15, -0.1) is 0 Å². The molecule has 17 heavy (non-hydrogen) atoms. The number of halogens is 4. The molecule has 0 atom stereocenters. The van der Waals surface area contributed by atoms with Crippen LogP contribution >= 0.6 is 0 Å². The molecule has 0 aliphatic rings. The van der Waals surface area contributed by atoms with Crippen LogP contribution in [0.1, 0.15) is 18.1 Å². The van der Waals surface area contributed by atoms with Crippen molar-refractivity contribution >= 4 is 5.97 Å². The maximum Gasteiger partial charge on any atom is 0.416 e. The highest BCUT2D eigenvalue weighted by Crippen LogP contribution is 2.33. The minimum atomic E-state index is -4.69. The molecule has 0 bridgehead atoms. The molecule has 0 heterocycles. The molecular weight excluding hydrogens is 240 g/mol. The lowest BCUT2D eigenvalue weighted by molar-refractivity contribution is -0.143. The number of benzene rings is 1. The van der Waals surface area contributed by atoms with E-state index in [9.17, 15) is 22.4 Å². The average molecular weight is 250 g/mol. The Labute approximate surface area is 95.2 Å². The van der Waals surface area contributed by atoms with Crippen LogP contribution in [0.25, 0.3) is 0 Å². The third kappa shape index (κ3) is 3.44. The van der Waals surface area contributed by atoms with Gasteiger partial charge in [-0.3, -0.25) is 4.79 Å². The van der Waals surface area contributed by atoms with E-state index < -0.39 is 35.5 Å². The van der Waals surface area contributed by atoms with Crippen LogP contribution in [0.5, 0.6) is 0 Å². The van der Waals surface area contributed by atoms with Gasteiger partial charge in [-0.05, 0) is 19.1 Å². The summed E-state index contributed by atoms with van der Waals surface area (Å²) in [6.45, 7) is 1.55. The zero-order valence-corrected chi connectivity index (χ0v) is 8.97. The second-order valence-corrected chi connectivity index (χ2v) is 3.25. The van der Waals surface area contributed by atoms with Crippen molar-refractivity contribution < 1.29 is 27.1 Å². The first-order valence-electron chi connectivity index (χ1n) is 4.86. The van der Waals surface area contributed by atoms with Gasteiger partial charge in [0.05, 0.1) is 18.6 Å². The first kappa shape index (κ1) is 13.5. The molecule has 2 nitrogen and oxygen atoms in total. The smallest absolute Gasteiger partial charge is 0.416 e. The van der Waals surface area contributed by atoms with Crippen molar-refractivity contribution in [1.29, 1.82) is 0 Å². The van der Waals surface area contributed by atoms with Crippen molar-refractivity contribution in [3.05, 3.63) is 35.1 Å². The normalized spacial score (nSPS) is 11.4. The highest BCUT2D eigenvalue weighted by atomic mass is 19.4. The SMILES string of the molecule is CCOC(=O)Cc1c(F)cccc1C(F)(F)F. The molecule has 0 aliphatic heterocycles. The molecule has 0 amide bonds. The number of esters is 1. The van der Waals surface area contributed by atoms with Crippen LogP contribution in [0, 0.1) is 5.82 Å². The van der Waals surface area contributed by atoms with Crippen LogP contribution in [-0.4, -0.2) is 12.6 Å². The van der Waals surface area contributed by atoms with Crippen LogP contribution < -0.4 is 0 Å². The van der Waals surface area contributed by atoms with Gasteiger partial charge in [-0.1, -0.05) is 6.07 Å². The fraction of sp³-hybridized carbons (Fsp3) is 0.364. The van der Waals surface area contributed by atoms with E-state index in [4.69, 9.17) is 0 Å². The van der Waals surface area contributed by atoms with E-state index in [2.05, 4.69) is 4.74 Å². The van der Waals surface area contributed by atoms with Crippen molar-refractivity contribution in [2.75, 3.05) is 6.61 Å². The third-order valence-electron chi connectivity index (χ3n) is 2.05. The van der Waals surface area contributed by atoms with Crippen molar-refractivity contribution in [2.45, 2.75) is 19.5 Å². The number of alkyl halides is 3. The third-order valence-corrected chi connectivity index (χ3v) is 2.05. The van der Waals surface area contributed by atoms with Crippen molar-refractivity contribution in [3.8, 4) is 0 Å². The summed E-state index contributed by atoms with van der Waals surface area (Å²) in [4.78, 5) is 11.1. The van der Waals surface area contributed by atoms with E-state index in [0.29, 0.717) is 0 Å². The Kier molecular flexibility index (Phi) is 4.09. The number of hydrogen-bond donors (Lipinski definition) is 0. The minimum Gasteiger partial charge on any atom is -0.466 e. The molecule has 1 aromatic rings. The van der Waals surface area contributed by atoms with Gasteiger partial charge in [0, 0.05) is 5.56 Å². The number of rotatable bonds is 3. The van der Waals surface area contributed by atoms with E-state index in [-0.39, 0.29) is 6.61 Å². The van der Waals surface area contributed by atoms with Gasteiger partial charge in [0.25, 0.3) is 0 Å². The molecule has 1 rings (SSSR count). The van der Waals surface area contributed by atoms with Gasteiger partial charge in [0.2, 0.25) is 0 Å². The molecule has 0 saturated heterocycles. The zero-order valence-electron chi connectivity index (χ0n) is 8.97. The van der Waals surface area contributed by atoms with Crippen LogP contribution in [0.15, 0.2) is 18.2 Å². The number of hydrogen-bond acceptors (Lipinski definition) is 2. The Morgan fingerprint density at radius 2 is 2.00 bits per heavy atom. The lowest BCUT2D eigenvalue weighted by atomic mass is 10.0. The molecular formula is C11H10F4O2. The van der Waals surface area contributed by atoms with Crippen molar-refractivity contribution in [2.24, 2.45) is 0 Å². The molecule has 0 unspecified atom stereocenters. The molecule has 0 aromatic heterocycles. The Bertz CT molecular complexity index is 412. The molecule has 94 valence electrons. The zero-order chi connectivity index (χ0) is 13.1. The van der Waals surface area contributed by atoms with Gasteiger partial charge >= 0.3 is 12.1 Å². The lowest BCUT2D eigenvalue weighted by Crippen LogP contribution is -2.15. The number of carbonyl (C=O) groups excluding carboxylic acids is 1. The Balaban J connectivity index is 3.09. The molecule has 6 heteroatoms. The second-order valence-electron chi connectivity index (χ2n) is 3.25. The van der Waals surface area contributed by atoms with Gasteiger partial charge in [-0.2, -0.15) is 13.2 Å². The molecule has 0 saturated carbocycles. The van der Waals surface area contributed by atoms with E-state index in [1.807, 2.05) is 0 Å². The van der Waals surface area contributed by atoms with Crippen LogP contribution in [0.3, 0.4) is 0 Å². The molecule has 0 aliphatic carbocycles. The van der Waals surface area contributed by atoms with Crippen LogP contribution in [0.4, 0.5) is 17.6 Å². The van der Waals surface area contributed by atoms with Gasteiger partial charge in [0.1, 0.15) is 5.82 Å². The predicted molar refractivity (Wildman–Crippen MR) is 51.7 cm³/mol. The average Bonchev–Trinajstić information content (AvgIpc) is 2.19. The topological polar surface area (TPSA) is 26.3 Å². The van der Waals surface area contributed by atoms with Crippen molar-refractivity contribution in [1.82, 2.24) is 0 Å². The highest BCUT2D eigenvalue weighted by molar-refractivity contribution is 5.73. The molecule has 0 N–H and O–H groups in total. The number of carbonyl (C=O) groups is 1. The minimum absolute atomic E-state index is 0.0363. The number of ether oxygens (including phenoxy) is 1. The Hall–Kier alpha value is -1.59. The summed E-state index contributed by atoms with van der Waals surface area (Å²) in [5.41, 5.74) is -1.83. The molecule has 0 spiro atoms.